The van der Waals surface area contributed by atoms with Crippen LogP contribution in [-0.4, -0.2) is 31.9 Å². The molecule has 0 bridgehead atoms. The number of benzene rings is 3. The van der Waals surface area contributed by atoms with Gasteiger partial charge in [-0.25, -0.2) is 5.43 Å². The molecule has 1 aliphatic heterocycles. The van der Waals surface area contributed by atoms with Gasteiger partial charge in [0.1, 0.15) is 13.2 Å². The second kappa shape index (κ2) is 11.0. The number of halogens is 3. The Kier molecular flexibility index (Phi) is 7.82. The van der Waals surface area contributed by atoms with Crippen LogP contribution in [0.25, 0.3) is 0 Å². The highest BCUT2D eigenvalue weighted by atomic mass is 79.9. The van der Waals surface area contributed by atoms with Crippen LogP contribution in [0.5, 0.6) is 23.0 Å². The van der Waals surface area contributed by atoms with Crippen LogP contribution >= 0.6 is 39.1 Å². The Morgan fingerprint density at radius 3 is 2.76 bits per heavy atom. The number of methoxy groups -OCH3 is 1. The van der Waals surface area contributed by atoms with E-state index in [1.165, 1.54) is 13.3 Å². The first-order valence-electron chi connectivity index (χ1n) is 10.1. The summed E-state index contributed by atoms with van der Waals surface area (Å²) in [6, 6.07) is 15.9. The fourth-order valence-electron chi connectivity index (χ4n) is 3.13. The fraction of sp³-hybridized carbons (Fsp3) is 0.167. The summed E-state index contributed by atoms with van der Waals surface area (Å²) in [6.07, 6.45) is 0.687. The van der Waals surface area contributed by atoms with Crippen LogP contribution in [-0.2, 0) is 11.4 Å². The number of nitrogens with one attached hydrogen (secondary N) is 1. The van der Waals surface area contributed by atoms with E-state index in [1.807, 2.05) is 12.1 Å². The van der Waals surface area contributed by atoms with Crippen molar-refractivity contribution in [1.29, 1.82) is 0 Å². The van der Waals surface area contributed by atoms with Crippen molar-refractivity contribution in [2.75, 3.05) is 13.7 Å². The molecule has 10 heteroatoms. The Morgan fingerprint density at radius 2 is 2.00 bits per heavy atom. The molecule has 0 saturated heterocycles. The predicted molar refractivity (Wildman–Crippen MR) is 134 cm³/mol. The molecular weight excluding hydrogens is 547 g/mol. The van der Waals surface area contributed by atoms with Crippen LogP contribution < -0.4 is 24.4 Å². The Bertz CT molecular complexity index is 1240. The Labute approximate surface area is 214 Å². The quantitative estimate of drug-likeness (QED) is 0.296. The molecule has 0 unspecified atom stereocenters. The average molecular weight is 566 g/mol. The minimum absolute atomic E-state index is 0.0986. The standard InChI is InChI=1S/C24H19BrCl2N2O5/c1-31-21-9-14(8-17(25)23(21)33-12-15-6-7-16(26)10-18(15)27)11-28-29-24(30)22-13-32-19-4-2-3-5-20(19)34-22/h2-11,22H,12-13H2,1H3,(H,29,30)/b28-11-/t22-/m0/s1. The molecule has 3 aromatic carbocycles. The third kappa shape index (κ3) is 5.75. The number of carbonyl (C=O) groups is 1. The minimum atomic E-state index is -0.802. The molecule has 0 aliphatic carbocycles. The number of hydrogen-bond donors (Lipinski definition) is 1. The van der Waals surface area contributed by atoms with E-state index < -0.39 is 12.0 Å². The molecule has 0 radical (unpaired) electrons. The third-order valence-electron chi connectivity index (χ3n) is 4.83. The number of amides is 1. The predicted octanol–water partition coefficient (Wildman–Crippen LogP) is 5.63. The number of nitrogens with zero attached hydrogens (tertiary/aromatic N) is 1. The number of hydrazone groups is 1. The second-order valence-electron chi connectivity index (χ2n) is 7.16. The van der Waals surface area contributed by atoms with Crippen molar-refractivity contribution in [3.05, 3.63) is 80.2 Å². The van der Waals surface area contributed by atoms with Crippen LogP contribution in [0.1, 0.15) is 11.1 Å². The highest BCUT2D eigenvalue weighted by Crippen LogP contribution is 2.37. The number of ether oxygens (including phenoxy) is 4. The lowest BCUT2D eigenvalue weighted by molar-refractivity contribution is -0.130. The van der Waals surface area contributed by atoms with Crippen molar-refractivity contribution in [2.24, 2.45) is 5.10 Å². The van der Waals surface area contributed by atoms with E-state index in [-0.39, 0.29) is 13.2 Å². The van der Waals surface area contributed by atoms with Crippen LogP contribution in [0, 0.1) is 0 Å². The Balaban J connectivity index is 1.39. The van der Waals surface area contributed by atoms with Gasteiger partial charge in [0.15, 0.2) is 23.0 Å². The van der Waals surface area contributed by atoms with Crippen molar-refractivity contribution in [3.8, 4) is 23.0 Å². The highest BCUT2D eigenvalue weighted by Gasteiger charge is 2.27. The van der Waals surface area contributed by atoms with Gasteiger partial charge < -0.3 is 18.9 Å². The van der Waals surface area contributed by atoms with Gasteiger partial charge in [0.05, 0.1) is 17.8 Å². The molecular formula is C24H19BrCl2N2O5. The minimum Gasteiger partial charge on any atom is -0.493 e. The molecule has 0 aromatic heterocycles. The van der Waals surface area contributed by atoms with Crippen LogP contribution in [0.3, 0.4) is 0 Å². The summed E-state index contributed by atoms with van der Waals surface area (Å²) in [6.45, 7) is 0.322. The first kappa shape index (κ1) is 24.2. The molecule has 0 spiro atoms. The van der Waals surface area contributed by atoms with Gasteiger partial charge in [-0.15, -0.1) is 0 Å². The lowest BCUT2D eigenvalue weighted by Gasteiger charge is -2.24. The van der Waals surface area contributed by atoms with Gasteiger partial charge in [-0.2, -0.15) is 5.10 Å². The Morgan fingerprint density at radius 1 is 1.21 bits per heavy atom. The monoisotopic (exact) mass is 564 g/mol. The van der Waals surface area contributed by atoms with E-state index in [0.29, 0.717) is 43.1 Å². The number of rotatable bonds is 7. The molecule has 1 atom stereocenters. The van der Waals surface area contributed by atoms with Crippen molar-refractivity contribution in [3.63, 3.8) is 0 Å². The van der Waals surface area contributed by atoms with Gasteiger partial charge in [0.25, 0.3) is 5.91 Å². The molecule has 3 aromatic rings. The van der Waals surface area contributed by atoms with Gasteiger partial charge in [0, 0.05) is 15.6 Å². The normalized spacial score (nSPS) is 14.6. The summed E-state index contributed by atoms with van der Waals surface area (Å²) < 4.78 is 23.3. The first-order chi connectivity index (χ1) is 16.4. The maximum atomic E-state index is 12.4. The number of hydrogen-bond acceptors (Lipinski definition) is 6. The molecule has 1 aliphatic rings. The lowest BCUT2D eigenvalue weighted by atomic mass is 10.2. The van der Waals surface area contributed by atoms with E-state index in [1.54, 1.807) is 42.5 Å². The zero-order valence-corrected chi connectivity index (χ0v) is 21.0. The SMILES string of the molecule is COc1cc(/C=N\NC(=O)[C@@H]2COc3ccccc3O2)cc(Br)c1OCc1ccc(Cl)cc1Cl. The molecule has 1 amide bonds. The average Bonchev–Trinajstić information content (AvgIpc) is 2.83. The van der Waals surface area contributed by atoms with Gasteiger partial charge >= 0.3 is 0 Å². The van der Waals surface area contributed by atoms with E-state index in [2.05, 4.69) is 26.5 Å². The van der Waals surface area contributed by atoms with E-state index >= 15 is 0 Å². The maximum Gasteiger partial charge on any atom is 0.284 e. The first-order valence-corrected chi connectivity index (χ1v) is 11.6. The second-order valence-corrected chi connectivity index (χ2v) is 8.85. The summed E-state index contributed by atoms with van der Waals surface area (Å²) in [5.41, 5.74) is 3.93. The zero-order chi connectivity index (χ0) is 24.1. The topological polar surface area (TPSA) is 78.4 Å². The summed E-state index contributed by atoms with van der Waals surface area (Å²) >= 11 is 15.7. The molecule has 1 N–H and O–H groups in total. The molecule has 4 rings (SSSR count). The van der Waals surface area contributed by atoms with Crippen molar-refractivity contribution >= 4 is 51.3 Å². The van der Waals surface area contributed by atoms with Crippen molar-refractivity contribution in [2.45, 2.75) is 12.7 Å². The van der Waals surface area contributed by atoms with Crippen LogP contribution in [0.4, 0.5) is 0 Å². The molecule has 176 valence electrons. The number of para-hydroxylation sites is 2. The van der Waals surface area contributed by atoms with E-state index in [4.69, 9.17) is 42.1 Å². The molecule has 7 nitrogen and oxygen atoms in total. The Hall–Kier alpha value is -2.94. The molecule has 34 heavy (non-hydrogen) atoms. The van der Waals surface area contributed by atoms with E-state index in [9.17, 15) is 4.79 Å². The summed E-state index contributed by atoms with van der Waals surface area (Å²) in [7, 11) is 1.53. The largest absolute Gasteiger partial charge is 0.493 e. The zero-order valence-electron chi connectivity index (χ0n) is 17.9. The summed E-state index contributed by atoms with van der Waals surface area (Å²) in [4.78, 5) is 12.4. The van der Waals surface area contributed by atoms with Gasteiger partial charge in [-0.05, 0) is 57.9 Å². The van der Waals surface area contributed by atoms with Crippen molar-refractivity contribution in [1.82, 2.24) is 5.43 Å². The van der Waals surface area contributed by atoms with Gasteiger partial charge in [0.2, 0.25) is 6.10 Å². The van der Waals surface area contributed by atoms with Gasteiger partial charge in [-0.1, -0.05) is 41.4 Å². The molecule has 0 fully saturated rings. The lowest BCUT2D eigenvalue weighted by Crippen LogP contribution is -2.42. The number of fused-ring (bicyclic) bond motifs is 1. The van der Waals surface area contributed by atoms with Crippen LogP contribution in [0.2, 0.25) is 10.0 Å². The smallest absolute Gasteiger partial charge is 0.284 e. The molecule has 1 heterocycles. The summed E-state index contributed by atoms with van der Waals surface area (Å²) in [5.74, 6) is 1.68. The van der Waals surface area contributed by atoms with E-state index in [0.717, 1.165) is 5.56 Å². The number of carbonyl (C=O) groups excluding carboxylic acids is 1. The summed E-state index contributed by atoms with van der Waals surface area (Å²) in [5, 5.41) is 5.09. The maximum absolute atomic E-state index is 12.4. The highest BCUT2D eigenvalue weighted by molar-refractivity contribution is 9.10. The molecule has 0 saturated carbocycles. The van der Waals surface area contributed by atoms with Gasteiger partial charge in [-0.3, -0.25) is 4.79 Å². The van der Waals surface area contributed by atoms with Crippen LogP contribution in [0.15, 0.2) is 64.2 Å². The van der Waals surface area contributed by atoms with Crippen molar-refractivity contribution < 1.29 is 23.7 Å². The third-order valence-corrected chi connectivity index (χ3v) is 6.00. The fourth-order valence-corrected chi connectivity index (χ4v) is 4.17.